The second kappa shape index (κ2) is 8.24. The second-order valence-corrected chi connectivity index (χ2v) is 7.14. The molecule has 3 rings (SSSR count). The lowest BCUT2D eigenvalue weighted by molar-refractivity contribution is -0.133. The molecule has 2 heterocycles. The van der Waals surface area contributed by atoms with Gasteiger partial charge in [-0.3, -0.25) is 25.2 Å². The number of hydrogen-bond acceptors (Lipinski definition) is 3. The number of rotatable bonds is 5. The quantitative estimate of drug-likeness (QED) is 0.702. The van der Waals surface area contributed by atoms with Gasteiger partial charge in [0.2, 0.25) is 17.7 Å². The van der Waals surface area contributed by atoms with Crippen LogP contribution in [0.4, 0.5) is 0 Å². The van der Waals surface area contributed by atoms with Crippen molar-refractivity contribution >= 4 is 28.6 Å². The molecule has 7 heteroatoms. The summed E-state index contributed by atoms with van der Waals surface area (Å²) < 4.78 is 0. The van der Waals surface area contributed by atoms with Crippen molar-refractivity contribution < 1.29 is 14.4 Å². The number of carbonyl (C=O) groups is 3. The van der Waals surface area contributed by atoms with Crippen molar-refractivity contribution in [2.75, 3.05) is 13.1 Å². The molecule has 1 saturated heterocycles. The third kappa shape index (κ3) is 4.67. The smallest absolute Gasteiger partial charge is 0.242 e. The van der Waals surface area contributed by atoms with Crippen LogP contribution in [0.2, 0.25) is 0 Å². The van der Waals surface area contributed by atoms with Gasteiger partial charge in [0.15, 0.2) is 0 Å². The van der Waals surface area contributed by atoms with Crippen molar-refractivity contribution in [2.24, 2.45) is 0 Å². The SMILES string of the molecule is Cc1ccc2[nH]c(C)c(CC(=O)NNC(=O)CCC(=O)N3CCCC3)c2c1. The zero-order valence-electron chi connectivity index (χ0n) is 15.9. The number of hydrogen-bond donors (Lipinski definition) is 3. The Labute approximate surface area is 158 Å². The molecule has 2 aromatic rings. The van der Waals surface area contributed by atoms with E-state index in [0.717, 1.165) is 53.7 Å². The van der Waals surface area contributed by atoms with E-state index in [1.165, 1.54) is 0 Å². The maximum Gasteiger partial charge on any atom is 0.242 e. The Morgan fingerprint density at radius 3 is 2.48 bits per heavy atom. The summed E-state index contributed by atoms with van der Waals surface area (Å²) in [6, 6.07) is 6.06. The van der Waals surface area contributed by atoms with Crippen molar-refractivity contribution in [3.8, 4) is 0 Å². The summed E-state index contributed by atoms with van der Waals surface area (Å²) in [6.07, 6.45) is 2.47. The molecule has 0 aliphatic carbocycles. The molecule has 1 aliphatic rings. The number of fused-ring (bicyclic) bond motifs is 1. The summed E-state index contributed by atoms with van der Waals surface area (Å²) in [5, 5.41) is 1.02. The monoisotopic (exact) mass is 370 g/mol. The van der Waals surface area contributed by atoms with Gasteiger partial charge in [-0.15, -0.1) is 0 Å². The summed E-state index contributed by atoms with van der Waals surface area (Å²) in [5.41, 5.74) is 8.82. The van der Waals surface area contributed by atoms with E-state index in [-0.39, 0.29) is 37.0 Å². The van der Waals surface area contributed by atoms with E-state index in [1.807, 2.05) is 32.0 Å². The number of aryl methyl sites for hydroxylation is 2. The highest BCUT2D eigenvalue weighted by molar-refractivity contribution is 5.91. The number of amides is 3. The zero-order chi connectivity index (χ0) is 19.4. The van der Waals surface area contributed by atoms with Gasteiger partial charge in [-0.2, -0.15) is 0 Å². The number of hydrazine groups is 1. The van der Waals surface area contributed by atoms with Gasteiger partial charge in [-0.25, -0.2) is 0 Å². The fourth-order valence-electron chi connectivity index (χ4n) is 3.48. The second-order valence-electron chi connectivity index (χ2n) is 7.14. The summed E-state index contributed by atoms with van der Waals surface area (Å²) in [4.78, 5) is 41.1. The lowest BCUT2D eigenvalue weighted by atomic mass is 10.1. The molecule has 7 nitrogen and oxygen atoms in total. The lowest BCUT2D eigenvalue weighted by Crippen LogP contribution is -2.42. The van der Waals surface area contributed by atoms with E-state index >= 15 is 0 Å². The molecule has 3 amide bonds. The largest absolute Gasteiger partial charge is 0.358 e. The van der Waals surface area contributed by atoms with Gasteiger partial charge < -0.3 is 9.88 Å². The van der Waals surface area contributed by atoms with E-state index in [1.54, 1.807) is 4.90 Å². The highest BCUT2D eigenvalue weighted by atomic mass is 16.2. The Morgan fingerprint density at radius 1 is 1.04 bits per heavy atom. The first-order chi connectivity index (χ1) is 12.9. The molecule has 0 atom stereocenters. The van der Waals surface area contributed by atoms with Crippen LogP contribution in [-0.2, 0) is 20.8 Å². The zero-order valence-corrected chi connectivity index (χ0v) is 15.9. The number of H-pyrrole nitrogens is 1. The topological polar surface area (TPSA) is 94.3 Å². The first-order valence-electron chi connectivity index (χ1n) is 9.37. The van der Waals surface area contributed by atoms with Gasteiger partial charge in [0.1, 0.15) is 0 Å². The predicted molar refractivity (Wildman–Crippen MR) is 103 cm³/mol. The fourth-order valence-corrected chi connectivity index (χ4v) is 3.48. The number of likely N-dealkylation sites (tertiary alicyclic amines) is 1. The first-order valence-corrected chi connectivity index (χ1v) is 9.37. The fraction of sp³-hybridized carbons (Fsp3) is 0.450. The average Bonchev–Trinajstić information content (AvgIpc) is 3.27. The maximum absolute atomic E-state index is 12.2. The number of nitrogens with zero attached hydrogens (tertiary/aromatic N) is 1. The number of aromatic nitrogens is 1. The molecule has 0 radical (unpaired) electrons. The minimum atomic E-state index is -0.359. The molecule has 1 fully saturated rings. The molecule has 0 unspecified atom stereocenters. The van der Waals surface area contributed by atoms with E-state index in [0.29, 0.717) is 0 Å². The maximum atomic E-state index is 12.2. The van der Waals surface area contributed by atoms with E-state index in [2.05, 4.69) is 15.8 Å². The lowest BCUT2D eigenvalue weighted by Gasteiger charge is -2.14. The third-order valence-electron chi connectivity index (χ3n) is 4.98. The Morgan fingerprint density at radius 2 is 1.74 bits per heavy atom. The molecule has 0 bridgehead atoms. The highest BCUT2D eigenvalue weighted by Gasteiger charge is 2.19. The molecule has 1 aromatic carbocycles. The summed E-state index contributed by atoms with van der Waals surface area (Å²) >= 11 is 0. The molecular weight excluding hydrogens is 344 g/mol. The van der Waals surface area contributed by atoms with Crippen LogP contribution in [0.3, 0.4) is 0 Å². The van der Waals surface area contributed by atoms with E-state index in [4.69, 9.17) is 0 Å². The number of aromatic amines is 1. The van der Waals surface area contributed by atoms with Crippen LogP contribution >= 0.6 is 0 Å². The molecule has 3 N–H and O–H groups in total. The average molecular weight is 370 g/mol. The van der Waals surface area contributed by atoms with Crippen molar-refractivity contribution in [1.82, 2.24) is 20.7 Å². The van der Waals surface area contributed by atoms with Crippen molar-refractivity contribution in [1.29, 1.82) is 0 Å². The summed E-state index contributed by atoms with van der Waals surface area (Å²) in [7, 11) is 0. The molecular formula is C20H26N4O3. The predicted octanol–water partition coefficient (Wildman–Crippen LogP) is 1.88. The van der Waals surface area contributed by atoms with Crippen LogP contribution < -0.4 is 10.9 Å². The normalized spacial score (nSPS) is 13.8. The molecule has 0 saturated carbocycles. The van der Waals surface area contributed by atoms with Gasteiger partial charge in [0.05, 0.1) is 6.42 Å². The third-order valence-corrected chi connectivity index (χ3v) is 4.98. The van der Waals surface area contributed by atoms with Gasteiger partial charge >= 0.3 is 0 Å². The van der Waals surface area contributed by atoms with Gasteiger partial charge in [-0.05, 0) is 44.4 Å². The number of carbonyl (C=O) groups excluding carboxylic acids is 3. The minimum Gasteiger partial charge on any atom is -0.358 e. The number of nitrogens with one attached hydrogen (secondary N) is 3. The van der Waals surface area contributed by atoms with Crippen molar-refractivity contribution in [2.45, 2.75) is 46.0 Å². The standard InChI is InChI=1S/C20H26N4O3/c1-13-5-6-17-16(11-13)15(14(2)21-17)12-19(26)23-22-18(25)7-8-20(27)24-9-3-4-10-24/h5-6,11,21H,3-4,7-10,12H2,1-2H3,(H,22,25)(H,23,26). The van der Waals surface area contributed by atoms with Crippen LogP contribution in [0.15, 0.2) is 18.2 Å². The van der Waals surface area contributed by atoms with E-state index in [9.17, 15) is 14.4 Å². The Kier molecular flexibility index (Phi) is 5.78. The van der Waals surface area contributed by atoms with E-state index < -0.39 is 0 Å². The molecule has 144 valence electrons. The van der Waals surface area contributed by atoms with Crippen LogP contribution in [0, 0.1) is 13.8 Å². The molecule has 27 heavy (non-hydrogen) atoms. The summed E-state index contributed by atoms with van der Waals surface area (Å²) in [6.45, 7) is 5.50. The van der Waals surface area contributed by atoms with Crippen LogP contribution in [0.25, 0.3) is 10.9 Å². The minimum absolute atomic E-state index is 0.00114. The van der Waals surface area contributed by atoms with Crippen LogP contribution in [0.1, 0.15) is 42.5 Å². The molecule has 0 spiro atoms. The van der Waals surface area contributed by atoms with Crippen molar-refractivity contribution in [3.63, 3.8) is 0 Å². The van der Waals surface area contributed by atoms with Gasteiger partial charge in [0, 0.05) is 42.5 Å². The Balaban J connectivity index is 1.48. The first kappa shape index (κ1) is 18.9. The van der Waals surface area contributed by atoms with Gasteiger partial charge in [0.25, 0.3) is 0 Å². The molecule has 1 aromatic heterocycles. The Hall–Kier alpha value is -2.83. The van der Waals surface area contributed by atoms with Crippen molar-refractivity contribution in [3.05, 3.63) is 35.0 Å². The van der Waals surface area contributed by atoms with Gasteiger partial charge in [-0.1, -0.05) is 11.6 Å². The van der Waals surface area contributed by atoms with Crippen LogP contribution in [-0.4, -0.2) is 40.7 Å². The highest BCUT2D eigenvalue weighted by Crippen LogP contribution is 2.23. The Bertz CT molecular complexity index is 865. The van der Waals surface area contributed by atoms with Crippen LogP contribution in [0.5, 0.6) is 0 Å². The number of benzene rings is 1. The molecule has 1 aliphatic heterocycles. The summed E-state index contributed by atoms with van der Waals surface area (Å²) in [5.74, 6) is -0.652.